The van der Waals surface area contributed by atoms with Gasteiger partial charge in [-0.15, -0.1) is 0 Å². The molecule has 1 heterocycles. The molecule has 138 valence electrons. The van der Waals surface area contributed by atoms with E-state index in [1.165, 1.54) is 0 Å². The fourth-order valence-corrected chi connectivity index (χ4v) is 2.85. The largest absolute Gasteiger partial charge is 0.454 e. The highest BCUT2D eigenvalue weighted by Crippen LogP contribution is 2.32. The Morgan fingerprint density at radius 2 is 2.08 bits per heavy atom. The number of alkyl carbamates (subject to hydrolysis) is 1. The molecule has 1 amide bonds. The van der Waals surface area contributed by atoms with Gasteiger partial charge in [0.15, 0.2) is 0 Å². The summed E-state index contributed by atoms with van der Waals surface area (Å²) < 4.78 is 10.9. The number of hydrogen-bond donors (Lipinski definition) is 1. The number of carbonyl (C=O) groups is 2. The molecule has 0 aromatic carbocycles. The van der Waals surface area contributed by atoms with E-state index in [1.54, 1.807) is 27.0 Å². The molecule has 0 spiro atoms. The van der Waals surface area contributed by atoms with Crippen LogP contribution in [-0.2, 0) is 20.7 Å². The number of pyridine rings is 1. The lowest BCUT2D eigenvalue weighted by molar-refractivity contribution is -0.152. The molecule has 1 aliphatic carbocycles. The van der Waals surface area contributed by atoms with Crippen LogP contribution in [0.1, 0.15) is 64.8 Å². The number of carbonyl (C=O) groups excluding carboxylic acids is 2. The average molecular weight is 348 g/mol. The molecule has 2 atom stereocenters. The third kappa shape index (κ3) is 5.73. The van der Waals surface area contributed by atoms with Crippen molar-refractivity contribution in [1.29, 1.82) is 0 Å². The van der Waals surface area contributed by atoms with Gasteiger partial charge in [-0.1, -0.05) is 19.9 Å². The molecular formula is C19H28N2O4. The lowest BCUT2D eigenvalue weighted by Crippen LogP contribution is -2.45. The minimum atomic E-state index is -0.734. The lowest BCUT2D eigenvalue weighted by atomic mass is 10.0. The maximum absolute atomic E-state index is 12.6. The van der Waals surface area contributed by atoms with Crippen LogP contribution in [0.4, 0.5) is 4.79 Å². The van der Waals surface area contributed by atoms with E-state index >= 15 is 0 Å². The van der Waals surface area contributed by atoms with E-state index in [9.17, 15) is 9.59 Å². The van der Waals surface area contributed by atoms with Gasteiger partial charge in [0, 0.05) is 6.20 Å². The fraction of sp³-hybridized carbons (Fsp3) is 0.632. The van der Waals surface area contributed by atoms with Crippen molar-refractivity contribution >= 4 is 12.1 Å². The normalized spacial score (nSPS) is 17.8. The zero-order valence-corrected chi connectivity index (χ0v) is 15.7. The highest BCUT2D eigenvalue weighted by Gasteiger charge is 2.32. The summed E-state index contributed by atoms with van der Waals surface area (Å²) in [5.74, 6) is -0.218. The Labute approximate surface area is 149 Å². The molecular weight excluding hydrogens is 320 g/mol. The molecule has 0 saturated heterocycles. The topological polar surface area (TPSA) is 77.5 Å². The first-order valence-corrected chi connectivity index (χ1v) is 8.79. The minimum Gasteiger partial charge on any atom is -0.454 e. The van der Waals surface area contributed by atoms with E-state index in [1.807, 2.05) is 26.0 Å². The minimum absolute atomic E-state index is 0.224. The van der Waals surface area contributed by atoms with Crippen molar-refractivity contribution in [2.45, 2.75) is 71.6 Å². The summed E-state index contributed by atoms with van der Waals surface area (Å²) in [5, 5.41) is 2.65. The second-order valence-corrected chi connectivity index (χ2v) is 7.84. The van der Waals surface area contributed by atoms with Crippen LogP contribution < -0.4 is 5.32 Å². The standard InChI is InChI=1S/C19H28N2O4/c1-12(2)11-14(21-18(23)25-19(3,4)5)17(22)24-15-9-8-13-7-6-10-20-16(13)15/h6-7,10,12,14-15H,8-9,11H2,1-5H3,(H,21,23)/t14-,15-/m0/s1. The van der Waals surface area contributed by atoms with Crippen molar-refractivity contribution in [2.24, 2.45) is 5.92 Å². The van der Waals surface area contributed by atoms with Crippen LogP contribution in [0.5, 0.6) is 0 Å². The Balaban J connectivity index is 2.02. The second kappa shape index (κ2) is 7.85. The number of esters is 1. The summed E-state index contributed by atoms with van der Waals surface area (Å²) in [6.45, 7) is 9.32. The van der Waals surface area contributed by atoms with E-state index in [-0.39, 0.29) is 12.0 Å². The van der Waals surface area contributed by atoms with Gasteiger partial charge in [-0.2, -0.15) is 0 Å². The van der Waals surface area contributed by atoms with Gasteiger partial charge in [0.25, 0.3) is 0 Å². The molecule has 0 saturated carbocycles. The molecule has 6 heteroatoms. The smallest absolute Gasteiger partial charge is 0.408 e. The number of nitrogens with zero attached hydrogens (tertiary/aromatic N) is 1. The predicted molar refractivity (Wildman–Crippen MR) is 94.0 cm³/mol. The molecule has 6 nitrogen and oxygen atoms in total. The molecule has 0 aliphatic heterocycles. The monoisotopic (exact) mass is 348 g/mol. The highest BCUT2D eigenvalue weighted by molar-refractivity contribution is 5.81. The molecule has 1 aromatic heterocycles. The molecule has 1 aliphatic rings. The van der Waals surface area contributed by atoms with Crippen LogP contribution in [-0.4, -0.2) is 28.7 Å². The SMILES string of the molecule is CC(C)C[C@H](NC(=O)OC(C)(C)C)C(=O)O[C@H]1CCc2cccnc21. The number of aromatic nitrogens is 1. The quantitative estimate of drug-likeness (QED) is 0.823. The van der Waals surface area contributed by atoms with Gasteiger partial charge >= 0.3 is 12.1 Å². The zero-order valence-electron chi connectivity index (χ0n) is 15.7. The van der Waals surface area contributed by atoms with Crippen molar-refractivity contribution < 1.29 is 19.1 Å². The van der Waals surface area contributed by atoms with Crippen molar-refractivity contribution in [3.63, 3.8) is 0 Å². The molecule has 0 fully saturated rings. The van der Waals surface area contributed by atoms with Crippen LogP contribution in [0.15, 0.2) is 18.3 Å². The van der Waals surface area contributed by atoms with E-state index in [2.05, 4.69) is 10.3 Å². The lowest BCUT2D eigenvalue weighted by Gasteiger charge is -2.24. The molecule has 0 radical (unpaired) electrons. The van der Waals surface area contributed by atoms with Crippen LogP contribution in [0.2, 0.25) is 0 Å². The number of amides is 1. The van der Waals surface area contributed by atoms with Crippen molar-refractivity contribution in [1.82, 2.24) is 10.3 Å². The Bertz CT molecular complexity index is 622. The van der Waals surface area contributed by atoms with Gasteiger partial charge in [-0.05, 0) is 57.6 Å². The van der Waals surface area contributed by atoms with Crippen molar-refractivity contribution in [3.05, 3.63) is 29.6 Å². The van der Waals surface area contributed by atoms with E-state index in [0.29, 0.717) is 6.42 Å². The van der Waals surface area contributed by atoms with Gasteiger partial charge in [-0.25, -0.2) is 9.59 Å². The van der Waals surface area contributed by atoms with Crippen molar-refractivity contribution in [3.8, 4) is 0 Å². The van der Waals surface area contributed by atoms with Crippen LogP contribution in [0.3, 0.4) is 0 Å². The Morgan fingerprint density at radius 3 is 2.72 bits per heavy atom. The molecule has 1 N–H and O–H groups in total. The number of fused-ring (bicyclic) bond motifs is 1. The molecule has 0 bridgehead atoms. The first-order chi connectivity index (χ1) is 11.7. The van der Waals surface area contributed by atoms with Gasteiger partial charge < -0.3 is 14.8 Å². The third-order valence-corrected chi connectivity index (χ3v) is 3.85. The Morgan fingerprint density at radius 1 is 1.36 bits per heavy atom. The summed E-state index contributed by atoms with van der Waals surface area (Å²) in [6, 6.07) is 3.15. The fourth-order valence-electron chi connectivity index (χ4n) is 2.85. The number of aryl methyl sites for hydroxylation is 1. The summed E-state index contributed by atoms with van der Waals surface area (Å²) in [4.78, 5) is 29.0. The summed E-state index contributed by atoms with van der Waals surface area (Å²) in [7, 11) is 0. The Hall–Kier alpha value is -2.11. The third-order valence-electron chi connectivity index (χ3n) is 3.85. The number of ether oxygens (including phenoxy) is 2. The van der Waals surface area contributed by atoms with E-state index < -0.39 is 23.7 Å². The second-order valence-electron chi connectivity index (χ2n) is 7.84. The van der Waals surface area contributed by atoms with Crippen LogP contribution in [0, 0.1) is 5.92 Å². The van der Waals surface area contributed by atoms with E-state index in [4.69, 9.17) is 9.47 Å². The predicted octanol–water partition coefficient (Wildman–Crippen LogP) is 3.55. The van der Waals surface area contributed by atoms with Crippen LogP contribution in [0.25, 0.3) is 0 Å². The maximum Gasteiger partial charge on any atom is 0.408 e. The zero-order chi connectivity index (χ0) is 18.6. The maximum atomic E-state index is 12.6. The first-order valence-electron chi connectivity index (χ1n) is 8.79. The molecule has 2 rings (SSSR count). The summed E-state index contributed by atoms with van der Waals surface area (Å²) in [5.41, 5.74) is 1.31. The molecule has 1 aromatic rings. The summed E-state index contributed by atoms with van der Waals surface area (Å²) >= 11 is 0. The van der Waals surface area contributed by atoms with Gasteiger partial charge in [0.05, 0.1) is 5.69 Å². The Kier molecular flexibility index (Phi) is 6.03. The average Bonchev–Trinajstić information content (AvgIpc) is 2.87. The molecule has 0 unspecified atom stereocenters. The molecule has 25 heavy (non-hydrogen) atoms. The highest BCUT2D eigenvalue weighted by atomic mass is 16.6. The number of hydrogen-bond acceptors (Lipinski definition) is 5. The van der Waals surface area contributed by atoms with Gasteiger partial charge in [0.1, 0.15) is 17.7 Å². The van der Waals surface area contributed by atoms with Gasteiger partial charge in [0.2, 0.25) is 0 Å². The number of rotatable bonds is 5. The van der Waals surface area contributed by atoms with Crippen molar-refractivity contribution in [2.75, 3.05) is 0 Å². The number of nitrogens with one attached hydrogen (secondary N) is 1. The summed E-state index contributed by atoms with van der Waals surface area (Å²) in [6.07, 6.45) is 2.79. The first kappa shape index (κ1) is 19.2. The van der Waals surface area contributed by atoms with E-state index in [0.717, 1.165) is 24.1 Å². The van der Waals surface area contributed by atoms with Gasteiger partial charge in [-0.3, -0.25) is 4.98 Å². The van der Waals surface area contributed by atoms with Crippen LogP contribution >= 0.6 is 0 Å².